The quantitative estimate of drug-likeness (QED) is 0.493. The average molecular weight is 450 g/mol. The number of halogens is 3. The van der Waals surface area contributed by atoms with Gasteiger partial charge in [0.2, 0.25) is 5.91 Å². The summed E-state index contributed by atoms with van der Waals surface area (Å²) in [5.41, 5.74) is -0.0886. The summed E-state index contributed by atoms with van der Waals surface area (Å²) in [4.78, 5) is 12.2. The third-order valence-electron chi connectivity index (χ3n) is 4.31. The number of thioether (sulfide) groups is 1. The van der Waals surface area contributed by atoms with Gasteiger partial charge in [-0.3, -0.25) is 4.79 Å². The maximum absolute atomic E-state index is 13.1. The highest BCUT2D eigenvalue weighted by Crippen LogP contribution is 2.34. The Kier molecular flexibility index (Phi) is 7.21. The lowest BCUT2D eigenvalue weighted by molar-refractivity contribution is -0.137. The van der Waals surface area contributed by atoms with E-state index in [1.165, 1.54) is 18.2 Å². The van der Waals surface area contributed by atoms with Crippen LogP contribution in [-0.2, 0) is 24.1 Å². The summed E-state index contributed by atoms with van der Waals surface area (Å²) < 4.78 is 46.8. The van der Waals surface area contributed by atoms with Crippen molar-refractivity contribution in [3.05, 3.63) is 65.5 Å². The molecule has 6 nitrogen and oxygen atoms in total. The van der Waals surface area contributed by atoms with Crippen molar-refractivity contribution in [2.24, 2.45) is 0 Å². The second-order valence-corrected chi connectivity index (χ2v) is 7.57. The normalized spacial score (nSPS) is 11.4. The van der Waals surface area contributed by atoms with Crippen molar-refractivity contribution in [3.63, 3.8) is 0 Å². The van der Waals surface area contributed by atoms with Crippen LogP contribution < -0.4 is 10.1 Å². The molecule has 1 amide bonds. The Morgan fingerprint density at radius 3 is 2.65 bits per heavy atom. The van der Waals surface area contributed by atoms with Crippen LogP contribution in [-0.4, -0.2) is 26.4 Å². The molecule has 1 heterocycles. The SMILES string of the molecule is CCn1c(COc2cccc(C)c2)nnc1SCC(=O)Nc1ccccc1C(F)(F)F. The maximum Gasteiger partial charge on any atom is 0.418 e. The fourth-order valence-corrected chi connectivity index (χ4v) is 3.68. The first-order valence-corrected chi connectivity index (χ1v) is 10.5. The van der Waals surface area contributed by atoms with Gasteiger partial charge in [-0.05, 0) is 43.7 Å². The summed E-state index contributed by atoms with van der Waals surface area (Å²) in [5.74, 6) is 0.630. The minimum atomic E-state index is -4.55. The molecule has 0 bridgehead atoms. The molecule has 0 saturated carbocycles. The highest BCUT2D eigenvalue weighted by Gasteiger charge is 2.33. The molecule has 0 saturated heterocycles. The summed E-state index contributed by atoms with van der Waals surface area (Å²) in [5, 5.41) is 11.0. The number of amides is 1. The number of ether oxygens (including phenoxy) is 1. The molecule has 3 aromatic rings. The first-order chi connectivity index (χ1) is 14.8. The Hall–Kier alpha value is -3.01. The van der Waals surface area contributed by atoms with E-state index in [9.17, 15) is 18.0 Å². The summed E-state index contributed by atoms with van der Waals surface area (Å²) in [6.45, 7) is 4.63. The zero-order valence-corrected chi connectivity index (χ0v) is 17.8. The van der Waals surface area contributed by atoms with E-state index in [1.54, 1.807) is 4.57 Å². The van der Waals surface area contributed by atoms with Crippen molar-refractivity contribution in [3.8, 4) is 5.75 Å². The number of nitrogens with zero attached hydrogens (tertiary/aromatic N) is 3. The molecular weight excluding hydrogens is 429 g/mol. The van der Waals surface area contributed by atoms with Gasteiger partial charge in [0.25, 0.3) is 0 Å². The molecule has 3 rings (SSSR count). The second kappa shape index (κ2) is 9.86. The number of carbonyl (C=O) groups is 1. The number of carbonyl (C=O) groups excluding carboxylic acids is 1. The minimum Gasteiger partial charge on any atom is -0.486 e. The van der Waals surface area contributed by atoms with Crippen LogP contribution in [0.2, 0.25) is 0 Å². The zero-order valence-electron chi connectivity index (χ0n) is 16.9. The van der Waals surface area contributed by atoms with Gasteiger partial charge in [-0.1, -0.05) is 36.0 Å². The summed E-state index contributed by atoms with van der Waals surface area (Å²) in [6, 6.07) is 12.5. The highest BCUT2D eigenvalue weighted by atomic mass is 32.2. The Balaban J connectivity index is 1.61. The van der Waals surface area contributed by atoms with E-state index in [2.05, 4.69) is 15.5 Å². The average Bonchev–Trinajstić information content (AvgIpc) is 3.12. The standard InChI is InChI=1S/C21H21F3N4O2S/c1-3-28-18(12-30-15-8-6-7-14(2)11-15)26-27-20(28)31-13-19(29)25-17-10-5-4-9-16(17)21(22,23)24/h4-11H,3,12-13H2,1-2H3,(H,25,29). The number of anilines is 1. The van der Waals surface area contributed by atoms with Gasteiger partial charge < -0.3 is 14.6 Å². The van der Waals surface area contributed by atoms with Gasteiger partial charge in [0.15, 0.2) is 11.0 Å². The molecule has 0 aliphatic carbocycles. The lowest BCUT2D eigenvalue weighted by Gasteiger charge is -2.13. The fraction of sp³-hybridized carbons (Fsp3) is 0.286. The molecule has 164 valence electrons. The Bertz CT molecular complexity index is 1050. The molecule has 0 radical (unpaired) electrons. The molecule has 0 unspecified atom stereocenters. The number of aromatic nitrogens is 3. The Labute approximate surface area is 181 Å². The van der Waals surface area contributed by atoms with Gasteiger partial charge in [-0.25, -0.2) is 0 Å². The molecule has 0 fully saturated rings. The lowest BCUT2D eigenvalue weighted by Crippen LogP contribution is -2.18. The predicted molar refractivity (Wildman–Crippen MR) is 112 cm³/mol. The van der Waals surface area contributed by atoms with Gasteiger partial charge in [0.05, 0.1) is 17.0 Å². The number of benzene rings is 2. The smallest absolute Gasteiger partial charge is 0.418 e. The van der Waals surface area contributed by atoms with Crippen LogP contribution in [0.15, 0.2) is 53.7 Å². The molecular formula is C21H21F3N4O2S. The van der Waals surface area contributed by atoms with E-state index in [-0.39, 0.29) is 18.0 Å². The van der Waals surface area contributed by atoms with Crippen molar-refractivity contribution in [1.29, 1.82) is 0 Å². The molecule has 0 atom stereocenters. The van der Waals surface area contributed by atoms with E-state index in [0.29, 0.717) is 23.3 Å². The number of alkyl halides is 3. The number of hydrogen-bond acceptors (Lipinski definition) is 5. The van der Waals surface area contributed by atoms with Crippen LogP contribution in [0.1, 0.15) is 23.9 Å². The van der Waals surface area contributed by atoms with Crippen molar-refractivity contribution in [2.75, 3.05) is 11.1 Å². The van der Waals surface area contributed by atoms with E-state index in [4.69, 9.17) is 4.74 Å². The van der Waals surface area contributed by atoms with Gasteiger partial charge in [0.1, 0.15) is 12.4 Å². The zero-order chi connectivity index (χ0) is 22.4. The van der Waals surface area contributed by atoms with Crippen molar-refractivity contribution < 1.29 is 22.7 Å². The summed E-state index contributed by atoms with van der Waals surface area (Å²) >= 11 is 1.10. The number of hydrogen-bond donors (Lipinski definition) is 1. The van der Waals surface area contributed by atoms with Gasteiger partial charge in [-0.2, -0.15) is 13.2 Å². The largest absolute Gasteiger partial charge is 0.486 e. The highest BCUT2D eigenvalue weighted by molar-refractivity contribution is 7.99. The van der Waals surface area contributed by atoms with E-state index in [1.807, 2.05) is 38.1 Å². The van der Waals surface area contributed by atoms with Crippen LogP contribution in [0.25, 0.3) is 0 Å². The Morgan fingerprint density at radius 2 is 1.94 bits per heavy atom. The first-order valence-electron chi connectivity index (χ1n) is 9.48. The lowest BCUT2D eigenvalue weighted by atomic mass is 10.1. The Morgan fingerprint density at radius 1 is 1.16 bits per heavy atom. The molecule has 1 N–H and O–H groups in total. The summed E-state index contributed by atoms with van der Waals surface area (Å²) in [7, 11) is 0. The van der Waals surface area contributed by atoms with Crippen LogP contribution >= 0.6 is 11.8 Å². The van der Waals surface area contributed by atoms with Crippen molar-refractivity contribution in [1.82, 2.24) is 14.8 Å². The fourth-order valence-electron chi connectivity index (χ4n) is 2.86. The van der Waals surface area contributed by atoms with E-state index in [0.717, 1.165) is 23.4 Å². The molecule has 2 aromatic carbocycles. The van der Waals surface area contributed by atoms with Gasteiger partial charge in [-0.15, -0.1) is 10.2 Å². The molecule has 10 heteroatoms. The van der Waals surface area contributed by atoms with Gasteiger partial charge >= 0.3 is 6.18 Å². The van der Waals surface area contributed by atoms with Crippen LogP contribution in [0.3, 0.4) is 0 Å². The van der Waals surface area contributed by atoms with Crippen molar-refractivity contribution >= 4 is 23.4 Å². The van der Waals surface area contributed by atoms with Gasteiger partial charge in [0, 0.05) is 6.54 Å². The third-order valence-corrected chi connectivity index (χ3v) is 5.27. The molecule has 1 aromatic heterocycles. The predicted octanol–water partition coefficient (Wildman–Crippen LogP) is 4.94. The number of nitrogens with one attached hydrogen (secondary N) is 1. The monoisotopic (exact) mass is 450 g/mol. The molecule has 31 heavy (non-hydrogen) atoms. The molecule has 0 aliphatic heterocycles. The number of rotatable bonds is 8. The number of para-hydroxylation sites is 1. The van der Waals surface area contributed by atoms with E-state index < -0.39 is 17.6 Å². The summed E-state index contributed by atoms with van der Waals surface area (Å²) in [6.07, 6.45) is -4.55. The van der Waals surface area contributed by atoms with Crippen LogP contribution in [0.5, 0.6) is 5.75 Å². The molecule has 0 spiro atoms. The van der Waals surface area contributed by atoms with Crippen LogP contribution in [0.4, 0.5) is 18.9 Å². The van der Waals surface area contributed by atoms with Crippen LogP contribution in [0, 0.1) is 6.92 Å². The topological polar surface area (TPSA) is 69.0 Å². The number of aryl methyl sites for hydroxylation is 1. The second-order valence-electron chi connectivity index (χ2n) is 6.63. The van der Waals surface area contributed by atoms with Crippen molar-refractivity contribution in [2.45, 2.75) is 38.3 Å². The third kappa shape index (κ3) is 6.00. The van der Waals surface area contributed by atoms with E-state index >= 15 is 0 Å². The molecule has 0 aliphatic rings. The maximum atomic E-state index is 13.1. The minimum absolute atomic E-state index is 0.108. The first kappa shape index (κ1) is 22.7.